The predicted molar refractivity (Wildman–Crippen MR) is 98.8 cm³/mol. The van der Waals surface area contributed by atoms with Gasteiger partial charge < -0.3 is 4.90 Å². The summed E-state index contributed by atoms with van der Waals surface area (Å²) in [4.78, 5) is 13.8. The number of alkyl halides is 3. The highest BCUT2D eigenvalue weighted by atomic mass is 35.5. The number of amides is 1. The molecule has 1 aliphatic heterocycles. The Labute approximate surface area is 165 Å². The van der Waals surface area contributed by atoms with Crippen LogP contribution in [0.3, 0.4) is 0 Å². The summed E-state index contributed by atoms with van der Waals surface area (Å²) in [6.07, 6.45) is -2.87. The molecule has 1 saturated heterocycles. The molecule has 0 aliphatic carbocycles. The molecule has 0 atom stereocenters. The molecule has 0 bridgehead atoms. The van der Waals surface area contributed by atoms with Gasteiger partial charge in [-0.05, 0) is 49.2 Å². The number of benzene rings is 2. The highest BCUT2D eigenvalue weighted by Gasteiger charge is 2.31. The van der Waals surface area contributed by atoms with Crippen molar-refractivity contribution in [2.75, 3.05) is 17.8 Å². The quantitative estimate of drug-likeness (QED) is 0.779. The lowest BCUT2D eigenvalue weighted by Crippen LogP contribution is -2.27. The number of hydrogen-bond acceptors (Lipinski definition) is 3. The second-order valence-corrected chi connectivity index (χ2v) is 8.41. The zero-order valence-electron chi connectivity index (χ0n) is 14.5. The summed E-state index contributed by atoms with van der Waals surface area (Å²) in [5.74, 6) is -0.286. The first kappa shape index (κ1) is 20.5. The van der Waals surface area contributed by atoms with E-state index in [4.69, 9.17) is 11.6 Å². The zero-order valence-corrected chi connectivity index (χ0v) is 16.0. The first-order valence-corrected chi connectivity index (χ1v) is 10.2. The Morgan fingerprint density at radius 1 is 1.07 bits per heavy atom. The van der Waals surface area contributed by atoms with Gasteiger partial charge in [0.05, 0.1) is 21.2 Å². The number of nitrogens with zero attached hydrogens (tertiary/aromatic N) is 1. The second kappa shape index (κ2) is 7.63. The van der Waals surface area contributed by atoms with Gasteiger partial charge in [-0.15, -0.1) is 0 Å². The zero-order chi connectivity index (χ0) is 20.5. The molecular formula is C18H16ClF3N2O3S. The van der Waals surface area contributed by atoms with Crippen molar-refractivity contribution in [1.82, 2.24) is 4.90 Å². The number of anilines is 1. The Morgan fingerprint density at radius 3 is 2.39 bits per heavy atom. The van der Waals surface area contributed by atoms with Crippen molar-refractivity contribution in [3.8, 4) is 0 Å². The van der Waals surface area contributed by atoms with E-state index in [9.17, 15) is 26.4 Å². The molecule has 0 radical (unpaired) electrons. The Kier molecular flexibility index (Phi) is 5.58. The van der Waals surface area contributed by atoms with Crippen molar-refractivity contribution in [2.24, 2.45) is 0 Å². The Morgan fingerprint density at radius 2 is 1.75 bits per heavy atom. The van der Waals surface area contributed by atoms with E-state index in [-0.39, 0.29) is 21.4 Å². The molecule has 0 spiro atoms. The molecule has 1 fully saturated rings. The maximum atomic E-state index is 12.9. The van der Waals surface area contributed by atoms with Crippen molar-refractivity contribution in [3.05, 3.63) is 58.6 Å². The number of sulfonamides is 1. The third kappa shape index (κ3) is 4.41. The van der Waals surface area contributed by atoms with Crippen LogP contribution in [0.1, 0.15) is 28.8 Å². The Hall–Kier alpha value is -2.26. The number of nitrogens with one attached hydrogen (secondary N) is 1. The summed E-state index contributed by atoms with van der Waals surface area (Å²) in [6.45, 7) is 1.21. The van der Waals surface area contributed by atoms with Crippen LogP contribution in [0.4, 0.5) is 18.9 Å². The van der Waals surface area contributed by atoms with E-state index in [2.05, 4.69) is 4.72 Å². The lowest BCUT2D eigenvalue weighted by atomic mass is 10.2. The molecular weight excluding hydrogens is 417 g/mol. The highest BCUT2D eigenvalue weighted by molar-refractivity contribution is 7.92. The van der Waals surface area contributed by atoms with Gasteiger partial charge in [0.1, 0.15) is 0 Å². The number of hydrogen-bond donors (Lipinski definition) is 1. The first-order valence-electron chi connectivity index (χ1n) is 8.37. The molecule has 0 aromatic heterocycles. The number of rotatable bonds is 4. The van der Waals surface area contributed by atoms with Gasteiger partial charge >= 0.3 is 6.18 Å². The monoisotopic (exact) mass is 432 g/mol. The van der Waals surface area contributed by atoms with Crippen LogP contribution in [0.25, 0.3) is 0 Å². The van der Waals surface area contributed by atoms with Gasteiger partial charge in [0.15, 0.2) is 0 Å². The minimum atomic E-state index is -4.65. The van der Waals surface area contributed by atoms with Gasteiger partial charge in [0.25, 0.3) is 15.9 Å². The molecule has 1 amide bonds. The molecule has 2 aromatic rings. The van der Waals surface area contributed by atoms with E-state index in [1.165, 1.54) is 24.3 Å². The van der Waals surface area contributed by atoms with E-state index in [1.807, 2.05) is 0 Å². The summed E-state index contributed by atoms with van der Waals surface area (Å²) >= 11 is 5.85. The van der Waals surface area contributed by atoms with Crippen LogP contribution in [0.15, 0.2) is 47.4 Å². The third-order valence-corrected chi connectivity index (χ3v) is 6.02. The SMILES string of the molecule is O=C(c1cccc(S(=O)(=O)Nc2cc(C(F)(F)F)ccc2Cl)c1)N1CCCC1. The molecule has 3 rings (SSSR count). The van der Waals surface area contributed by atoms with Crippen LogP contribution in [-0.4, -0.2) is 32.3 Å². The smallest absolute Gasteiger partial charge is 0.339 e. The third-order valence-electron chi connectivity index (χ3n) is 4.32. The maximum Gasteiger partial charge on any atom is 0.416 e. The fraction of sp³-hybridized carbons (Fsp3) is 0.278. The van der Waals surface area contributed by atoms with E-state index in [0.717, 1.165) is 25.0 Å². The van der Waals surface area contributed by atoms with Crippen molar-refractivity contribution in [1.29, 1.82) is 0 Å². The average Bonchev–Trinajstić information content (AvgIpc) is 3.16. The van der Waals surface area contributed by atoms with Gasteiger partial charge in [0.2, 0.25) is 0 Å². The number of carbonyl (C=O) groups excluding carboxylic acids is 1. The molecule has 28 heavy (non-hydrogen) atoms. The minimum absolute atomic E-state index is 0.180. The van der Waals surface area contributed by atoms with Gasteiger partial charge in [-0.1, -0.05) is 17.7 Å². The molecule has 5 nitrogen and oxygen atoms in total. The van der Waals surface area contributed by atoms with E-state index >= 15 is 0 Å². The molecule has 150 valence electrons. The Bertz CT molecular complexity index is 1000. The lowest BCUT2D eigenvalue weighted by Gasteiger charge is -2.16. The largest absolute Gasteiger partial charge is 0.416 e. The van der Waals surface area contributed by atoms with E-state index < -0.39 is 27.5 Å². The van der Waals surface area contributed by atoms with Crippen molar-refractivity contribution >= 4 is 33.2 Å². The van der Waals surface area contributed by atoms with Crippen molar-refractivity contribution < 1.29 is 26.4 Å². The summed E-state index contributed by atoms with van der Waals surface area (Å²) in [5.41, 5.74) is -1.24. The van der Waals surface area contributed by atoms with Gasteiger partial charge in [-0.2, -0.15) is 13.2 Å². The molecule has 0 unspecified atom stereocenters. The number of carbonyl (C=O) groups is 1. The first-order chi connectivity index (χ1) is 13.1. The van der Waals surface area contributed by atoms with E-state index in [0.29, 0.717) is 19.2 Å². The van der Waals surface area contributed by atoms with Crippen LogP contribution in [0.5, 0.6) is 0 Å². The highest BCUT2D eigenvalue weighted by Crippen LogP contribution is 2.34. The van der Waals surface area contributed by atoms with Gasteiger partial charge in [-0.3, -0.25) is 9.52 Å². The summed E-state index contributed by atoms with van der Waals surface area (Å²) < 4.78 is 66.0. The fourth-order valence-corrected chi connectivity index (χ4v) is 4.22. The normalized spacial score (nSPS) is 14.9. The average molecular weight is 433 g/mol. The maximum absolute atomic E-state index is 12.9. The molecule has 1 N–H and O–H groups in total. The van der Waals surface area contributed by atoms with Gasteiger partial charge in [0, 0.05) is 18.7 Å². The van der Waals surface area contributed by atoms with Crippen molar-refractivity contribution in [2.45, 2.75) is 23.9 Å². The van der Waals surface area contributed by atoms with Crippen molar-refractivity contribution in [3.63, 3.8) is 0 Å². The molecule has 1 heterocycles. The van der Waals surface area contributed by atoms with Crippen LogP contribution in [0.2, 0.25) is 5.02 Å². The standard InChI is InChI=1S/C18H16ClF3N2O3S/c19-15-7-6-13(18(20,21)22)11-16(15)23-28(26,27)14-5-3-4-12(10-14)17(25)24-8-1-2-9-24/h3-7,10-11,23H,1-2,8-9H2. The summed E-state index contributed by atoms with van der Waals surface area (Å²) in [6, 6.07) is 7.71. The van der Waals surface area contributed by atoms with Crippen LogP contribution in [-0.2, 0) is 16.2 Å². The van der Waals surface area contributed by atoms with Crippen LogP contribution < -0.4 is 4.72 Å². The molecule has 2 aromatic carbocycles. The molecule has 10 heteroatoms. The lowest BCUT2D eigenvalue weighted by molar-refractivity contribution is -0.137. The predicted octanol–water partition coefficient (Wildman–Crippen LogP) is 4.40. The van der Waals surface area contributed by atoms with Gasteiger partial charge in [-0.25, -0.2) is 8.42 Å². The molecule has 1 aliphatic rings. The molecule has 0 saturated carbocycles. The fourth-order valence-electron chi connectivity index (χ4n) is 2.88. The number of halogens is 4. The summed E-state index contributed by atoms with van der Waals surface area (Å²) in [5, 5.41) is -0.180. The number of likely N-dealkylation sites (tertiary alicyclic amines) is 1. The van der Waals surface area contributed by atoms with Crippen LogP contribution >= 0.6 is 11.6 Å². The Balaban J connectivity index is 1.90. The van der Waals surface area contributed by atoms with E-state index in [1.54, 1.807) is 4.90 Å². The minimum Gasteiger partial charge on any atom is -0.339 e. The topological polar surface area (TPSA) is 66.5 Å². The second-order valence-electron chi connectivity index (χ2n) is 6.33. The van der Waals surface area contributed by atoms with Crippen LogP contribution in [0, 0.1) is 0 Å². The summed E-state index contributed by atoms with van der Waals surface area (Å²) in [7, 11) is -4.25.